The zero-order chi connectivity index (χ0) is 19.8. The Hall–Kier alpha value is -3.84. The van der Waals surface area contributed by atoms with Gasteiger partial charge in [0.15, 0.2) is 0 Å². The van der Waals surface area contributed by atoms with Gasteiger partial charge in [-0.2, -0.15) is 5.26 Å². The zero-order valence-electron chi connectivity index (χ0n) is 15.5. The van der Waals surface area contributed by atoms with E-state index in [1.807, 2.05) is 60.7 Å². The number of nitrogens with zero attached hydrogens (tertiary/aromatic N) is 1. The molecule has 4 nitrogen and oxygen atoms in total. The molecule has 0 aliphatic carbocycles. The summed E-state index contributed by atoms with van der Waals surface area (Å²) in [4.78, 5) is 12.2. The molecule has 0 N–H and O–H groups in total. The molecule has 0 radical (unpaired) electrons. The monoisotopic (exact) mass is 369 g/mol. The SMILES string of the molecule is COc1ccc(/C=C(\C#N)C(=O)OCc2ccc(-c3ccccc3)cc2)cc1. The molecule has 3 rings (SSSR count). The minimum Gasteiger partial charge on any atom is -0.497 e. The van der Waals surface area contributed by atoms with Gasteiger partial charge in [0.25, 0.3) is 0 Å². The Morgan fingerprint density at radius 2 is 1.57 bits per heavy atom. The van der Waals surface area contributed by atoms with Crippen LogP contribution in [0.15, 0.2) is 84.4 Å². The lowest BCUT2D eigenvalue weighted by atomic mass is 10.0. The molecule has 4 heteroatoms. The molecule has 0 saturated carbocycles. The van der Waals surface area contributed by atoms with Gasteiger partial charge < -0.3 is 9.47 Å². The number of carbonyl (C=O) groups is 1. The van der Waals surface area contributed by atoms with Gasteiger partial charge in [0, 0.05) is 0 Å². The lowest BCUT2D eigenvalue weighted by Crippen LogP contribution is -2.06. The molecule has 0 spiro atoms. The zero-order valence-corrected chi connectivity index (χ0v) is 15.5. The van der Waals surface area contributed by atoms with Crippen LogP contribution in [0.25, 0.3) is 17.2 Å². The number of rotatable bonds is 6. The van der Waals surface area contributed by atoms with Gasteiger partial charge in [-0.15, -0.1) is 0 Å². The number of benzene rings is 3. The van der Waals surface area contributed by atoms with Crippen molar-refractivity contribution in [2.24, 2.45) is 0 Å². The van der Waals surface area contributed by atoms with Crippen LogP contribution in [0.5, 0.6) is 5.75 Å². The molecule has 0 amide bonds. The van der Waals surface area contributed by atoms with E-state index >= 15 is 0 Å². The summed E-state index contributed by atoms with van der Waals surface area (Å²) in [5, 5.41) is 9.27. The van der Waals surface area contributed by atoms with Gasteiger partial charge in [-0.05, 0) is 40.5 Å². The largest absolute Gasteiger partial charge is 0.497 e. The smallest absolute Gasteiger partial charge is 0.349 e. The van der Waals surface area contributed by atoms with Crippen molar-refractivity contribution in [1.82, 2.24) is 0 Å². The molecule has 0 fully saturated rings. The number of nitriles is 1. The number of methoxy groups -OCH3 is 1. The molecule has 0 aliphatic heterocycles. The number of carbonyl (C=O) groups excluding carboxylic acids is 1. The highest BCUT2D eigenvalue weighted by atomic mass is 16.5. The molecule has 0 aliphatic rings. The number of hydrogen-bond donors (Lipinski definition) is 0. The van der Waals surface area contributed by atoms with Crippen molar-refractivity contribution in [3.63, 3.8) is 0 Å². The highest BCUT2D eigenvalue weighted by Gasteiger charge is 2.11. The summed E-state index contributed by atoms with van der Waals surface area (Å²) in [6.07, 6.45) is 1.50. The first kappa shape index (κ1) is 18.9. The van der Waals surface area contributed by atoms with E-state index in [0.29, 0.717) is 5.75 Å². The number of hydrogen-bond acceptors (Lipinski definition) is 4. The molecule has 0 saturated heterocycles. The van der Waals surface area contributed by atoms with Crippen molar-refractivity contribution in [1.29, 1.82) is 5.26 Å². The van der Waals surface area contributed by atoms with Crippen molar-refractivity contribution in [2.45, 2.75) is 6.61 Å². The van der Waals surface area contributed by atoms with Crippen LogP contribution in [0.1, 0.15) is 11.1 Å². The minimum atomic E-state index is -0.648. The Kier molecular flexibility index (Phi) is 6.22. The summed E-state index contributed by atoms with van der Waals surface area (Å²) in [5.41, 5.74) is 3.75. The molecular weight excluding hydrogens is 350 g/mol. The molecule has 3 aromatic rings. The molecule has 0 bridgehead atoms. The van der Waals surface area contributed by atoms with Crippen LogP contribution in [0.4, 0.5) is 0 Å². The van der Waals surface area contributed by atoms with Crippen molar-refractivity contribution in [3.8, 4) is 22.9 Å². The van der Waals surface area contributed by atoms with Crippen LogP contribution in [-0.2, 0) is 16.1 Å². The van der Waals surface area contributed by atoms with Gasteiger partial charge >= 0.3 is 5.97 Å². The Balaban J connectivity index is 1.63. The second-order valence-corrected chi connectivity index (χ2v) is 6.08. The lowest BCUT2D eigenvalue weighted by Gasteiger charge is -2.06. The van der Waals surface area contributed by atoms with Crippen molar-refractivity contribution < 1.29 is 14.3 Å². The van der Waals surface area contributed by atoms with Gasteiger partial charge in [-0.1, -0.05) is 66.7 Å². The summed E-state index contributed by atoms with van der Waals surface area (Å²) in [5.74, 6) is 0.0580. The van der Waals surface area contributed by atoms with Crippen LogP contribution >= 0.6 is 0 Å². The first-order valence-electron chi connectivity index (χ1n) is 8.77. The highest BCUT2D eigenvalue weighted by molar-refractivity contribution is 5.97. The average Bonchev–Trinajstić information content (AvgIpc) is 2.77. The Morgan fingerprint density at radius 3 is 2.18 bits per heavy atom. The van der Waals surface area contributed by atoms with E-state index in [1.165, 1.54) is 6.08 Å². The Labute approximate surface area is 164 Å². The van der Waals surface area contributed by atoms with Crippen LogP contribution in [0, 0.1) is 11.3 Å². The maximum Gasteiger partial charge on any atom is 0.349 e. The van der Waals surface area contributed by atoms with E-state index < -0.39 is 5.97 Å². The van der Waals surface area contributed by atoms with E-state index in [-0.39, 0.29) is 12.2 Å². The quantitative estimate of drug-likeness (QED) is 0.348. The van der Waals surface area contributed by atoms with Crippen LogP contribution in [0.3, 0.4) is 0 Å². The predicted molar refractivity (Wildman–Crippen MR) is 108 cm³/mol. The van der Waals surface area contributed by atoms with Gasteiger partial charge in [0.1, 0.15) is 24.0 Å². The van der Waals surface area contributed by atoms with E-state index in [0.717, 1.165) is 22.3 Å². The van der Waals surface area contributed by atoms with Crippen molar-refractivity contribution >= 4 is 12.0 Å². The summed E-state index contributed by atoms with van der Waals surface area (Å²) < 4.78 is 10.4. The first-order chi connectivity index (χ1) is 13.7. The highest BCUT2D eigenvalue weighted by Crippen LogP contribution is 2.20. The van der Waals surface area contributed by atoms with E-state index in [2.05, 4.69) is 0 Å². The third kappa shape index (κ3) is 4.87. The minimum absolute atomic E-state index is 0.0499. The fraction of sp³-hybridized carbons (Fsp3) is 0.0833. The summed E-state index contributed by atoms with van der Waals surface area (Å²) in [6.45, 7) is 0.107. The lowest BCUT2D eigenvalue weighted by molar-refractivity contribution is -0.139. The van der Waals surface area contributed by atoms with Crippen LogP contribution in [-0.4, -0.2) is 13.1 Å². The molecule has 138 valence electrons. The van der Waals surface area contributed by atoms with E-state index in [1.54, 1.807) is 31.4 Å². The molecule has 0 atom stereocenters. The fourth-order valence-electron chi connectivity index (χ4n) is 2.65. The average molecular weight is 369 g/mol. The van der Waals surface area contributed by atoms with E-state index in [4.69, 9.17) is 9.47 Å². The second-order valence-electron chi connectivity index (χ2n) is 6.08. The van der Waals surface area contributed by atoms with Gasteiger partial charge in [0.05, 0.1) is 7.11 Å². The molecule has 3 aromatic carbocycles. The standard InChI is InChI=1S/C24H19NO3/c1-27-23-13-9-18(10-14-23)15-22(16-25)24(26)28-17-19-7-11-21(12-8-19)20-5-3-2-4-6-20/h2-15H,17H2,1H3/b22-15+. The Bertz CT molecular complexity index is 998. The molecule has 0 heterocycles. The summed E-state index contributed by atoms with van der Waals surface area (Å²) in [6, 6.07) is 26.8. The molecular formula is C24H19NO3. The molecule has 0 aromatic heterocycles. The third-order valence-electron chi connectivity index (χ3n) is 4.20. The maximum absolute atomic E-state index is 12.2. The Morgan fingerprint density at radius 1 is 0.929 bits per heavy atom. The normalized spacial score (nSPS) is 10.8. The van der Waals surface area contributed by atoms with Crippen molar-refractivity contribution in [3.05, 3.63) is 95.6 Å². The first-order valence-corrected chi connectivity index (χ1v) is 8.77. The van der Waals surface area contributed by atoms with Gasteiger partial charge in [-0.3, -0.25) is 0 Å². The fourth-order valence-corrected chi connectivity index (χ4v) is 2.65. The third-order valence-corrected chi connectivity index (χ3v) is 4.20. The van der Waals surface area contributed by atoms with Crippen LogP contribution in [0.2, 0.25) is 0 Å². The second kappa shape index (κ2) is 9.20. The number of ether oxygens (including phenoxy) is 2. The van der Waals surface area contributed by atoms with Gasteiger partial charge in [0.2, 0.25) is 0 Å². The summed E-state index contributed by atoms with van der Waals surface area (Å²) in [7, 11) is 1.58. The van der Waals surface area contributed by atoms with Crippen molar-refractivity contribution in [2.75, 3.05) is 7.11 Å². The predicted octanol–water partition coefficient (Wildman–Crippen LogP) is 5.01. The molecule has 0 unspecified atom stereocenters. The summed E-state index contributed by atoms with van der Waals surface area (Å²) >= 11 is 0. The van der Waals surface area contributed by atoms with Gasteiger partial charge in [-0.25, -0.2) is 4.79 Å². The molecule has 28 heavy (non-hydrogen) atoms. The van der Waals surface area contributed by atoms with E-state index in [9.17, 15) is 10.1 Å². The topological polar surface area (TPSA) is 59.3 Å². The van der Waals surface area contributed by atoms with Crippen LogP contribution < -0.4 is 4.74 Å². The maximum atomic E-state index is 12.2. The number of esters is 1.